The van der Waals surface area contributed by atoms with Crippen molar-refractivity contribution in [2.75, 3.05) is 6.61 Å². The van der Waals surface area contributed by atoms with Crippen molar-refractivity contribution >= 4 is 17.9 Å². The number of hydrogen-bond acceptors (Lipinski definition) is 4. The van der Waals surface area contributed by atoms with Crippen LogP contribution in [0.2, 0.25) is 0 Å². The third kappa shape index (κ3) is 6.11. The molecule has 1 unspecified atom stereocenters. The van der Waals surface area contributed by atoms with E-state index >= 15 is 0 Å². The first-order chi connectivity index (χ1) is 15.3. The standard InChI is InChI=1S/C26H28N2O4/c1-17-11-12-22(14-19(17)3)32-16-20(4)27-26(30)24(15-21-9-7-13-31-21)28-25(29)23-10-6-5-8-18(23)2/h5-15,20H,16H2,1-4H3,(H,27,30)(H,28,29)/b24-15-. The van der Waals surface area contributed by atoms with E-state index in [4.69, 9.17) is 9.15 Å². The van der Waals surface area contributed by atoms with Crippen LogP contribution in [0.15, 0.2) is 71.0 Å². The summed E-state index contributed by atoms with van der Waals surface area (Å²) >= 11 is 0. The molecule has 2 aromatic carbocycles. The maximum Gasteiger partial charge on any atom is 0.268 e. The smallest absolute Gasteiger partial charge is 0.268 e. The van der Waals surface area contributed by atoms with E-state index < -0.39 is 5.91 Å². The number of ether oxygens (including phenoxy) is 1. The lowest BCUT2D eigenvalue weighted by Crippen LogP contribution is -2.41. The number of rotatable bonds is 8. The topological polar surface area (TPSA) is 80.6 Å². The Morgan fingerprint density at radius 2 is 1.78 bits per heavy atom. The van der Waals surface area contributed by atoms with Gasteiger partial charge in [-0.05, 0) is 74.7 Å². The summed E-state index contributed by atoms with van der Waals surface area (Å²) in [6.45, 7) is 8.04. The third-order valence-electron chi connectivity index (χ3n) is 5.07. The van der Waals surface area contributed by atoms with Gasteiger partial charge in [-0.15, -0.1) is 0 Å². The molecule has 166 valence electrons. The number of carbonyl (C=O) groups excluding carboxylic acids is 2. The molecule has 0 bridgehead atoms. The Morgan fingerprint density at radius 1 is 1.00 bits per heavy atom. The summed E-state index contributed by atoms with van der Waals surface area (Å²) in [5.41, 5.74) is 3.73. The Morgan fingerprint density at radius 3 is 2.47 bits per heavy atom. The average molecular weight is 433 g/mol. The van der Waals surface area contributed by atoms with Gasteiger partial charge in [0, 0.05) is 11.6 Å². The summed E-state index contributed by atoms with van der Waals surface area (Å²) in [7, 11) is 0. The highest BCUT2D eigenvalue weighted by atomic mass is 16.5. The lowest BCUT2D eigenvalue weighted by Gasteiger charge is -2.17. The van der Waals surface area contributed by atoms with Gasteiger partial charge in [0.05, 0.1) is 12.3 Å². The molecule has 0 aliphatic rings. The Hall–Kier alpha value is -3.80. The zero-order valence-electron chi connectivity index (χ0n) is 18.8. The molecular formula is C26H28N2O4. The van der Waals surface area contributed by atoms with Gasteiger partial charge in [-0.3, -0.25) is 9.59 Å². The van der Waals surface area contributed by atoms with Crippen molar-refractivity contribution in [3.8, 4) is 5.75 Å². The molecule has 0 radical (unpaired) electrons. The molecule has 6 heteroatoms. The van der Waals surface area contributed by atoms with Crippen LogP contribution in [-0.4, -0.2) is 24.5 Å². The Kier molecular flexibility index (Phi) is 7.49. The predicted molar refractivity (Wildman–Crippen MR) is 124 cm³/mol. The first-order valence-electron chi connectivity index (χ1n) is 10.5. The lowest BCUT2D eigenvalue weighted by atomic mass is 10.1. The minimum atomic E-state index is -0.431. The van der Waals surface area contributed by atoms with E-state index in [-0.39, 0.29) is 24.3 Å². The van der Waals surface area contributed by atoms with E-state index in [9.17, 15) is 9.59 Å². The van der Waals surface area contributed by atoms with Gasteiger partial charge in [-0.1, -0.05) is 24.3 Å². The van der Waals surface area contributed by atoms with Gasteiger partial charge in [-0.2, -0.15) is 0 Å². The number of furan rings is 1. The van der Waals surface area contributed by atoms with Crippen LogP contribution < -0.4 is 15.4 Å². The molecule has 3 rings (SSSR count). The minimum Gasteiger partial charge on any atom is -0.491 e. The fourth-order valence-electron chi connectivity index (χ4n) is 3.06. The summed E-state index contributed by atoms with van der Waals surface area (Å²) < 4.78 is 11.1. The molecule has 0 aliphatic heterocycles. The quantitative estimate of drug-likeness (QED) is 0.512. The predicted octanol–water partition coefficient (Wildman–Crippen LogP) is 4.56. The number of hydrogen-bond donors (Lipinski definition) is 2. The Labute approximate surface area is 188 Å². The minimum absolute atomic E-state index is 0.0891. The molecule has 6 nitrogen and oxygen atoms in total. The second-order valence-electron chi connectivity index (χ2n) is 7.77. The van der Waals surface area contributed by atoms with Crippen molar-refractivity contribution in [2.24, 2.45) is 0 Å². The fourth-order valence-corrected chi connectivity index (χ4v) is 3.06. The third-order valence-corrected chi connectivity index (χ3v) is 5.07. The van der Waals surface area contributed by atoms with E-state index in [1.54, 1.807) is 24.3 Å². The second kappa shape index (κ2) is 10.5. The number of benzene rings is 2. The summed E-state index contributed by atoms with van der Waals surface area (Å²) in [6.07, 6.45) is 3.01. The SMILES string of the molecule is Cc1ccc(OCC(C)NC(=O)/C(=C/c2ccco2)NC(=O)c2ccccc2C)cc1C. The molecule has 32 heavy (non-hydrogen) atoms. The summed E-state index contributed by atoms with van der Waals surface area (Å²) in [6, 6.07) is 16.2. The number of nitrogens with one attached hydrogen (secondary N) is 2. The van der Waals surface area contributed by atoms with Gasteiger partial charge < -0.3 is 19.8 Å². The average Bonchev–Trinajstić information content (AvgIpc) is 3.27. The van der Waals surface area contributed by atoms with Gasteiger partial charge in [0.1, 0.15) is 23.8 Å². The van der Waals surface area contributed by atoms with Gasteiger partial charge in [0.15, 0.2) is 0 Å². The summed E-state index contributed by atoms with van der Waals surface area (Å²) in [5, 5.41) is 5.59. The summed E-state index contributed by atoms with van der Waals surface area (Å²) in [5.74, 6) is 0.405. The zero-order chi connectivity index (χ0) is 23.1. The molecular weight excluding hydrogens is 404 g/mol. The maximum absolute atomic E-state index is 13.0. The molecule has 2 amide bonds. The molecule has 0 saturated carbocycles. The molecule has 0 spiro atoms. The first kappa shape index (κ1) is 22.9. The van der Waals surface area contributed by atoms with Crippen LogP contribution in [0.3, 0.4) is 0 Å². The molecule has 1 heterocycles. The van der Waals surface area contributed by atoms with E-state index in [1.807, 2.05) is 58.0 Å². The molecule has 0 aliphatic carbocycles. The van der Waals surface area contributed by atoms with Gasteiger partial charge >= 0.3 is 0 Å². The van der Waals surface area contributed by atoms with Crippen molar-refractivity contribution in [1.82, 2.24) is 10.6 Å². The van der Waals surface area contributed by atoms with Crippen LogP contribution in [0.1, 0.15) is 39.7 Å². The van der Waals surface area contributed by atoms with Gasteiger partial charge in [-0.25, -0.2) is 0 Å². The zero-order valence-corrected chi connectivity index (χ0v) is 18.8. The Balaban J connectivity index is 1.68. The highest BCUT2D eigenvalue weighted by Crippen LogP contribution is 2.16. The molecule has 1 aromatic heterocycles. The van der Waals surface area contributed by atoms with Gasteiger partial charge in [0.25, 0.3) is 11.8 Å². The van der Waals surface area contributed by atoms with E-state index in [1.165, 1.54) is 17.9 Å². The number of amides is 2. The van der Waals surface area contributed by atoms with Crippen LogP contribution in [0.25, 0.3) is 6.08 Å². The second-order valence-corrected chi connectivity index (χ2v) is 7.77. The first-order valence-corrected chi connectivity index (χ1v) is 10.5. The van der Waals surface area contributed by atoms with E-state index in [0.717, 1.165) is 16.9 Å². The highest BCUT2D eigenvalue weighted by molar-refractivity contribution is 6.05. The van der Waals surface area contributed by atoms with E-state index in [2.05, 4.69) is 10.6 Å². The number of carbonyl (C=O) groups is 2. The monoisotopic (exact) mass is 432 g/mol. The van der Waals surface area contributed by atoms with E-state index in [0.29, 0.717) is 11.3 Å². The van der Waals surface area contributed by atoms with Crippen molar-refractivity contribution in [3.05, 3.63) is 94.6 Å². The fraction of sp³-hybridized carbons (Fsp3) is 0.231. The molecule has 3 aromatic rings. The Bertz CT molecular complexity index is 1120. The maximum atomic E-state index is 13.0. The van der Waals surface area contributed by atoms with Gasteiger partial charge in [0.2, 0.25) is 0 Å². The highest BCUT2D eigenvalue weighted by Gasteiger charge is 2.18. The normalized spacial score (nSPS) is 12.2. The van der Waals surface area contributed by atoms with Crippen LogP contribution >= 0.6 is 0 Å². The van der Waals surface area contributed by atoms with Crippen LogP contribution in [0, 0.1) is 20.8 Å². The van der Waals surface area contributed by atoms with Crippen LogP contribution in [0.5, 0.6) is 5.75 Å². The number of aryl methyl sites for hydroxylation is 3. The molecule has 1 atom stereocenters. The van der Waals surface area contributed by atoms with Crippen molar-refractivity contribution in [3.63, 3.8) is 0 Å². The summed E-state index contributed by atoms with van der Waals surface area (Å²) in [4.78, 5) is 25.7. The largest absolute Gasteiger partial charge is 0.491 e. The molecule has 0 saturated heterocycles. The molecule has 2 N–H and O–H groups in total. The van der Waals surface area contributed by atoms with Crippen molar-refractivity contribution in [1.29, 1.82) is 0 Å². The molecule has 0 fully saturated rings. The van der Waals surface area contributed by atoms with Crippen molar-refractivity contribution < 1.29 is 18.7 Å². The van der Waals surface area contributed by atoms with Crippen LogP contribution in [0.4, 0.5) is 0 Å². The van der Waals surface area contributed by atoms with Crippen LogP contribution in [-0.2, 0) is 4.79 Å². The van der Waals surface area contributed by atoms with Crippen molar-refractivity contribution in [2.45, 2.75) is 33.7 Å². The lowest BCUT2D eigenvalue weighted by molar-refractivity contribution is -0.118.